The number of aromatic carboxylic acids is 1. The first-order valence-electron chi connectivity index (χ1n) is 5.31. The fraction of sp³-hybridized carbons (Fsp3) is 0.364. The molecule has 1 rings (SSSR count). The molecule has 18 heavy (non-hydrogen) atoms. The molecule has 0 aliphatic rings. The number of aliphatic hydroxyl groups is 2. The Labute approximate surface area is 103 Å². The first-order chi connectivity index (χ1) is 8.61. The zero-order valence-electron chi connectivity index (χ0n) is 9.61. The van der Waals surface area contributed by atoms with Crippen LogP contribution in [0.3, 0.4) is 0 Å². The van der Waals surface area contributed by atoms with Crippen molar-refractivity contribution in [3.63, 3.8) is 0 Å². The fourth-order valence-corrected chi connectivity index (χ4v) is 1.45. The van der Waals surface area contributed by atoms with Crippen molar-refractivity contribution in [1.29, 1.82) is 0 Å². The van der Waals surface area contributed by atoms with Gasteiger partial charge in [0.15, 0.2) is 0 Å². The Hall–Kier alpha value is -1.99. The maximum atomic E-state index is 12.0. The number of carboxylic acids is 1. The topological polar surface area (TPSA) is 111 Å². The molecule has 0 fully saturated rings. The van der Waals surface area contributed by atoms with Gasteiger partial charge in [-0.05, 0) is 12.1 Å². The summed E-state index contributed by atoms with van der Waals surface area (Å²) in [6, 6.07) is 2.70. The minimum Gasteiger partial charge on any atom is -0.478 e. The van der Waals surface area contributed by atoms with Gasteiger partial charge in [-0.1, -0.05) is 0 Å². The fourth-order valence-electron chi connectivity index (χ4n) is 1.45. The molecule has 0 atom stereocenters. The standard InChI is InChI=1S/C11H14N2O5/c14-6-4-13(5-7-15)10(16)9-8(11(17)18)2-1-3-12-9/h1-3,14-15H,4-7H2,(H,17,18). The Bertz CT molecular complexity index is 429. The van der Waals surface area contributed by atoms with E-state index in [9.17, 15) is 9.59 Å². The van der Waals surface area contributed by atoms with Crippen molar-refractivity contribution in [2.75, 3.05) is 26.3 Å². The molecule has 3 N–H and O–H groups in total. The molecule has 0 saturated heterocycles. The van der Waals surface area contributed by atoms with Crippen molar-refractivity contribution in [3.8, 4) is 0 Å². The monoisotopic (exact) mass is 254 g/mol. The summed E-state index contributed by atoms with van der Waals surface area (Å²) in [5, 5.41) is 26.6. The molecular formula is C11H14N2O5. The van der Waals surface area contributed by atoms with Gasteiger partial charge in [0.05, 0.1) is 18.8 Å². The van der Waals surface area contributed by atoms with Gasteiger partial charge in [0, 0.05) is 19.3 Å². The van der Waals surface area contributed by atoms with Crippen molar-refractivity contribution in [3.05, 3.63) is 29.6 Å². The molecule has 1 aromatic heterocycles. The van der Waals surface area contributed by atoms with Gasteiger partial charge < -0.3 is 20.2 Å². The van der Waals surface area contributed by atoms with Crippen LogP contribution in [0.2, 0.25) is 0 Å². The SMILES string of the molecule is O=C(O)c1cccnc1C(=O)N(CCO)CCO. The third-order valence-electron chi connectivity index (χ3n) is 2.27. The summed E-state index contributed by atoms with van der Waals surface area (Å²) in [6.07, 6.45) is 1.32. The normalized spacial score (nSPS) is 10.1. The summed E-state index contributed by atoms with van der Waals surface area (Å²) >= 11 is 0. The third-order valence-corrected chi connectivity index (χ3v) is 2.27. The molecule has 0 aliphatic carbocycles. The molecule has 1 amide bonds. The van der Waals surface area contributed by atoms with Gasteiger partial charge in [-0.15, -0.1) is 0 Å². The number of rotatable bonds is 6. The summed E-state index contributed by atoms with van der Waals surface area (Å²) in [7, 11) is 0. The zero-order chi connectivity index (χ0) is 13.5. The first-order valence-corrected chi connectivity index (χ1v) is 5.31. The molecule has 1 heterocycles. The minimum atomic E-state index is -1.25. The van der Waals surface area contributed by atoms with Gasteiger partial charge in [0.25, 0.3) is 5.91 Å². The summed E-state index contributed by atoms with van der Waals surface area (Å²) in [4.78, 5) is 27.9. The van der Waals surface area contributed by atoms with Crippen LogP contribution >= 0.6 is 0 Å². The quantitative estimate of drug-likeness (QED) is 0.613. The lowest BCUT2D eigenvalue weighted by molar-refractivity contribution is 0.0645. The molecule has 0 saturated carbocycles. The average Bonchev–Trinajstić information content (AvgIpc) is 2.37. The summed E-state index contributed by atoms with van der Waals surface area (Å²) in [5.41, 5.74) is -0.407. The Morgan fingerprint density at radius 2 is 1.83 bits per heavy atom. The van der Waals surface area contributed by atoms with Crippen LogP contribution in [0.1, 0.15) is 20.8 Å². The van der Waals surface area contributed by atoms with E-state index in [1.165, 1.54) is 18.3 Å². The lowest BCUT2D eigenvalue weighted by Crippen LogP contribution is -2.37. The molecule has 0 unspecified atom stereocenters. The molecule has 0 aliphatic heterocycles. The van der Waals surface area contributed by atoms with E-state index >= 15 is 0 Å². The number of carbonyl (C=O) groups excluding carboxylic acids is 1. The minimum absolute atomic E-state index is 0.00896. The lowest BCUT2D eigenvalue weighted by Gasteiger charge is -2.20. The molecule has 1 aromatic rings. The number of carbonyl (C=O) groups is 2. The van der Waals surface area contributed by atoms with Gasteiger partial charge in [-0.25, -0.2) is 4.79 Å². The Balaban J connectivity index is 3.04. The third kappa shape index (κ3) is 3.25. The Morgan fingerprint density at radius 1 is 1.22 bits per heavy atom. The number of carboxylic acid groups (broad SMARTS) is 1. The number of hydrogen-bond donors (Lipinski definition) is 3. The van der Waals surface area contributed by atoms with Crippen molar-refractivity contribution in [2.45, 2.75) is 0 Å². The Kier molecular flexibility index (Phi) is 5.22. The van der Waals surface area contributed by atoms with E-state index in [2.05, 4.69) is 4.98 Å². The van der Waals surface area contributed by atoms with Crippen LogP contribution in [0.4, 0.5) is 0 Å². The number of hydrogen-bond acceptors (Lipinski definition) is 5. The van der Waals surface area contributed by atoms with E-state index in [1.54, 1.807) is 0 Å². The van der Waals surface area contributed by atoms with Crippen LogP contribution in [-0.2, 0) is 0 Å². The second-order valence-electron chi connectivity index (χ2n) is 3.44. The molecular weight excluding hydrogens is 240 g/mol. The van der Waals surface area contributed by atoms with E-state index < -0.39 is 11.9 Å². The number of nitrogens with zero attached hydrogens (tertiary/aromatic N) is 2. The molecule has 0 aromatic carbocycles. The molecule has 0 radical (unpaired) electrons. The van der Waals surface area contributed by atoms with Crippen LogP contribution in [-0.4, -0.2) is 63.4 Å². The summed E-state index contributed by atoms with van der Waals surface area (Å²) in [6.45, 7) is -0.536. The van der Waals surface area contributed by atoms with Crippen LogP contribution < -0.4 is 0 Å². The molecule has 7 heteroatoms. The number of aliphatic hydroxyl groups excluding tert-OH is 2. The van der Waals surface area contributed by atoms with Crippen LogP contribution in [0.5, 0.6) is 0 Å². The average molecular weight is 254 g/mol. The molecule has 98 valence electrons. The first kappa shape index (κ1) is 14.1. The van der Waals surface area contributed by atoms with Crippen LogP contribution in [0, 0.1) is 0 Å². The van der Waals surface area contributed by atoms with Gasteiger partial charge in [-0.3, -0.25) is 9.78 Å². The largest absolute Gasteiger partial charge is 0.478 e. The van der Waals surface area contributed by atoms with E-state index in [0.29, 0.717) is 0 Å². The van der Waals surface area contributed by atoms with Gasteiger partial charge in [0.1, 0.15) is 5.69 Å². The van der Waals surface area contributed by atoms with E-state index in [-0.39, 0.29) is 37.6 Å². The molecule has 0 spiro atoms. The van der Waals surface area contributed by atoms with Crippen LogP contribution in [0.15, 0.2) is 18.3 Å². The van der Waals surface area contributed by atoms with Crippen molar-refractivity contribution in [2.24, 2.45) is 0 Å². The number of pyridine rings is 1. The Morgan fingerprint density at radius 3 is 2.33 bits per heavy atom. The second kappa shape index (κ2) is 6.67. The second-order valence-corrected chi connectivity index (χ2v) is 3.44. The van der Waals surface area contributed by atoms with Crippen molar-refractivity contribution < 1.29 is 24.9 Å². The molecule has 0 bridgehead atoms. The van der Waals surface area contributed by atoms with E-state index in [4.69, 9.17) is 15.3 Å². The highest BCUT2D eigenvalue weighted by Gasteiger charge is 2.22. The summed E-state index contributed by atoms with van der Waals surface area (Å²) < 4.78 is 0. The van der Waals surface area contributed by atoms with E-state index in [0.717, 1.165) is 4.90 Å². The van der Waals surface area contributed by atoms with Gasteiger partial charge in [0.2, 0.25) is 0 Å². The summed E-state index contributed by atoms with van der Waals surface area (Å²) in [5.74, 6) is -1.88. The lowest BCUT2D eigenvalue weighted by atomic mass is 10.1. The highest BCUT2D eigenvalue weighted by molar-refractivity contribution is 6.03. The highest BCUT2D eigenvalue weighted by atomic mass is 16.4. The number of amides is 1. The maximum absolute atomic E-state index is 12.0. The predicted octanol–water partition coefficient (Wildman–Crippen LogP) is -0.793. The maximum Gasteiger partial charge on any atom is 0.338 e. The zero-order valence-corrected chi connectivity index (χ0v) is 9.61. The van der Waals surface area contributed by atoms with Crippen LogP contribution in [0.25, 0.3) is 0 Å². The molecule has 7 nitrogen and oxygen atoms in total. The van der Waals surface area contributed by atoms with Crippen molar-refractivity contribution in [1.82, 2.24) is 9.88 Å². The smallest absolute Gasteiger partial charge is 0.338 e. The van der Waals surface area contributed by atoms with Gasteiger partial charge in [-0.2, -0.15) is 0 Å². The predicted molar refractivity (Wildman–Crippen MR) is 61.3 cm³/mol. The van der Waals surface area contributed by atoms with Gasteiger partial charge >= 0.3 is 5.97 Å². The van der Waals surface area contributed by atoms with Crippen molar-refractivity contribution >= 4 is 11.9 Å². The van der Waals surface area contributed by atoms with E-state index in [1.807, 2.05) is 0 Å². The number of aromatic nitrogens is 1. The highest BCUT2D eigenvalue weighted by Crippen LogP contribution is 2.09.